The summed E-state index contributed by atoms with van der Waals surface area (Å²) in [6.45, 7) is 7.59. The molecule has 0 fully saturated rings. The lowest BCUT2D eigenvalue weighted by Crippen LogP contribution is -2.21. The van der Waals surface area contributed by atoms with Crippen molar-refractivity contribution in [2.45, 2.75) is 59.2 Å². The number of nitrogens with zero attached hydrogens (tertiary/aromatic N) is 1. The van der Waals surface area contributed by atoms with Gasteiger partial charge in [0, 0.05) is 0 Å². The molecule has 0 amide bonds. The van der Waals surface area contributed by atoms with Gasteiger partial charge >= 0.3 is 6.16 Å². The van der Waals surface area contributed by atoms with Crippen molar-refractivity contribution in [3.63, 3.8) is 0 Å². The molecule has 0 saturated heterocycles. The van der Waals surface area contributed by atoms with Gasteiger partial charge in [0.25, 0.3) is 5.09 Å². The van der Waals surface area contributed by atoms with Crippen LogP contribution in [0.15, 0.2) is 0 Å². The molecular formula is C12H23NO6. The summed E-state index contributed by atoms with van der Waals surface area (Å²) in [4.78, 5) is 25.6. The summed E-state index contributed by atoms with van der Waals surface area (Å²) in [6, 6.07) is 0. The van der Waals surface area contributed by atoms with Crippen LogP contribution < -0.4 is 0 Å². The number of hydrogen-bond acceptors (Lipinski definition) is 6. The highest BCUT2D eigenvalue weighted by atomic mass is 17.0. The van der Waals surface area contributed by atoms with Crippen LogP contribution in [0.4, 0.5) is 4.79 Å². The van der Waals surface area contributed by atoms with Gasteiger partial charge in [-0.15, -0.1) is 10.1 Å². The summed E-state index contributed by atoms with van der Waals surface area (Å²) >= 11 is 0. The highest BCUT2D eigenvalue weighted by molar-refractivity contribution is 5.60. The highest BCUT2D eigenvalue weighted by Crippen LogP contribution is 2.08. The van der Waals surface area contributed by atoms with Gasteiger partial charge in [0.05, 0.1) is 6.61 Å². The molecule has 112 valence electrons. The summed E-state index contributed by atoms with van der Waals surface area (Å²) in [5.41, 5.74) is 0. The van der Waals surface area contributed by atoms with Crippen LogP contribution in [0, 0.1) is 16.0 Å². The fraction of sp³-hybridized carbons (Fsp3) is 0.917. The van der Waals surface area contributed by atoms with E-state index in [9.17, 15) is 14.9 Å². The standard InChI is InChI=1S/C12H23NO6/c1-9(2)11(4)18-12(14)17-8-6-5-7-10(3)19-13(15)16/h9-11H,5-8H2,1-4H3/t10-,11?/m1/s1. The van der Waals surface area contributed by atoms with Gasteiger partial charge < -0.3 is 14.3 Å². The fourth-order valence-corrected chi connectivity index (χ4v) is 1.21. The first-order valence-electron chi connectivity index (χ1n) is 6.47. The Bertz CT molecular complexity index is 281. The lowest BCUT2D eigenvalue weighted by Gasteiger charge is -2.16. The number of carbonyl (C=O) groups is 1. The smallest absolute Gasteiger partial charge is 0.434 e. The molecule has 0 aliphatic rings. The molecule has 7 nitrogen and oxygen atoms in total. The molecule has 2 atom stereocenters. The van der Waals surface area contributed by atoms with Crippen LogP contribution in [0.1, 0.15) is 47.0 Å². The maximum absolute atomic E-state index is 11.2. The van der Waals surface area contributed by atoms with Crippen molar-refractivity contribution in [2.75, 3.05) is 6.61 Å². The van der Waals surface area contributed by atoms with Crippen LogP contribution in [0.2, 0.25) is 0 Å². The minimum Gasteiger partial charge on any atom is -0.434 e. The van der Waals surface area contributed by atoms with E-state index in [0.717, 1.165) is 0 Å². The van der Waals surface area contributed by atoms with E-state index < -0.39 is 17.3 Å². The zero-order valence-electron chi connectivity index (χ0n) is 12.0. The molecule has 7 heteroatoms. The molecule has 0 aromatic carbocycles. The second-order valence-electron chi connectivity index (χ2n) is 4.80. The molecule has 0 aromatic rings. The SMILES string of the molecule is CC(C)C(C)OC(=O)OCCCC[C@@H](C)O[N+](=O)[O-]. The van der Waals surface area contributed by atoms with E-state index in [-0.39, 0.29) is 18.6 Å². The molecule has 1 unspecified atom stereocenters. The molecular weight excluding hydrogens is 254 g/mol. The van der Waals surface area contributed by atoms with Gasteiger partial charge in [0.15, 0.2) is 0 Å². The largest absolute Gasteiger partial charge is 0.508 e. The number of carbonyl (C=O) groups excluding carboxylic acids is 1. The van der Waals surface area contributed by atoms with E-state index in [2.05, 4.69) is 4.84 Å². The van der Waals surface area contributed by atoms with E-state index in [0.29, 0.717) is 19.3 Å². The molecule has 0 rings (SSSR count). The summed E-state index contributed by atoms with van der Waals surface area (Å²) < 4.78 is 9.91. The quantitative estimate of drug-likeness (QED) is 0.278. The van der Waals surface area contributed by atoms with Gasteiger partial charge in [-0.05, 0) is 39.0 Å². The molecule has 0 spiro atoms. The van der Waals surface area contributed by atoms with E-state index in [1.807, 2.05) is 20.8 Å². The average molecular weight is 277 g/mol. The normalized spacial score (nSPS) is 13.7. The lowest BCUT2D eigenvalue weighted by atomic mass is 10.1. The van der Waals surface area contributed by atoms with Crippen LogP contribution in [-0.4, -0.2) is 30.1 Å². The van der Waals surface area contributed by atoms with E-state index in [1.165, 1.54) is 0 Å². The van der Waals surface area contributed by atoms with E-state index in [1.54, 1.807) is 6.92 Å². The van der Waals surface area contributed by atoms with Gasteiger partial charge in [-0.3, -0.25) is 0 Å². The van der Waals surface area contributed by atoms with Crippen LogP contribution in [0.25, 0.3) is 0 Å². The maximum atomic E-state index is 11.2. The van der Waals surface area contributed by atoms with Gasteiger partial charge in [-0.2, -0.15) is 0 Å². The average Bonchev–Trinajstić information content (AvgIpc) is 2.27. The van der Waals surface area contributed by atoms with Crippen molar-refractivity contribution in [3.8, 4) is 0 Å². The molecule has 19 heavy (non-hydrogen) atoms. The van der Waals surface area contributed by atoms with Crippen LogP contribution in [0.3, 0.4) is 0 Å². The zero-order chi connectivity index (χ0) is 14.8. The summed E-state index contributed by atoms with van der Waals surface area (Å²) in [5, 5.41) is 9.24. The minimum atomic E-state index is -0.800. The first-order valence-corrected chi connectivity index (χ1v) is 6.47. The predicted octanol–water partition coefficient (Wildman–Crippen LogP) is 2.95. The molecule has 0 aliphatic carbocycles. The van der Waals surface area contributed by atoms with Crippen LogP contribution in [0.5, 0.6) is 0 Å². The Hall–Kier alpha value is -1.53. The number of rotatable bonds is 9. The van der Waals surface area contributed by atoms with E-state index in [4.69, 9.17) is 9.47 Å². The number of hydrogen-bond donors (Lipinski definition) is 0. The third-order valence-electron chi connectivity index (χ3n) is 2.71. The third-order valence-corrected chi connectivity index (χ3v) is 2.71. The van der Waals surface area contributed by atoms with E-state index >= 15 is 0 Å². The van der Waals surface area contributed by atoms with Gasteiger partial charge in [-0.25, -0.2) is 4.79 Å². The fourth-order valence-electron chi connectivity index (χ4n) is 1.21. The molecule has 0 aliphatic heterocycles. The Labute approximate surface area is 113 Å². The Morgan fingerprint density at radius 1 is 1.21 bits per heavy atom. The maximum Gasteiger partial charge on any atom is 0.508 e. The highest BCUT2D eigenvalue weighted by Gasteiger charge is 2.13. The number of unbranched alkanes of at least 4 members (excludes halogenated alkanes) is 1. The Kier molecular flexibility index (Phi) is 8.65. The second-order valence-corrected chi connectivity index (χ2v) is 4.80. The van der Waals surface area contributed by atoms with Crippen LogP contribution >= 0.6 is 0 Å². The second kappa shape index (κ2) is 9.41. The monoisotopic (exact) mass is 277 g/mol. The summed E-state index contributed by atoms with van der Waals surface area (Å²) in [6.07, 6.45) is 0.556. The first-order chi connectivity index (χ1) is 8.82. The third kappa shape index (κ3) is 10.1. The van der Waals surface area contributed by atoms with Crippen molar-refractivity contribution >= 4 is 6.16 Å². The first kappa shape index (κ1) is 17.5. The minimum absolute atomic E-state index is 0.180. The topological polar surface area (TPSA) is 87.9 Å². The van der Waals surface area contributed by atoms with Gasteiger partial charge in [0.2, 0.25) is 0 Å². The Morgan fingerprint density at radius 2 is 1.84 bits per heavy atom. The Balaban J connectivity index is 3.54. The number of ether oxygens (including phenoxy) is 2. The van der Waals surface area contributed by atoms with Crippen molar-refractivity contribution in [2.24, 2.45) is 5.92 Å². The van der Waals surface area contributed by atoms with Crippen molar-refractivity contribution < 1.29 is 24.2 Å². The summed E-state index contributed by atoms with van der Waals surface area (Å²) in [7, 11) is 0. The predicted molar refractivity (Wildman–Crippen MR) is 68.1 cm³/mol. The molecule has 0 bridgehead atoms. The Morgan fingerprint density at radius 3 is 2.37 bits per heavy atom. The zero-order valence-corrected chi connectivity index (χ0v) is 12.0. The van der Waals surface area contributed by atoms with Gasteiger partial charge in [0.1, 0.15) is 12.2 Å². The summed E-state index contributed by atoms with van der Waals surface area (Å²) in [5.74, 6) is 0.243. The lowest BCUT2D eigenvalue weighted by molar-refractivity contribution is -0.767. The molecule has 0 heterocycles. The van der Waals surface area contributed by atoms with Crippen molar-refractivity contribution in [3.05, 3.63) is 10.1 Å². The molecule has 0 N–H and O–H groups in total. The molecule has 0 radical (unpaired) electrons. The van der Waals surface area contributed by atoms with Crippen LogP contribution in [-0.2, 0) is 14.3 Å². The molecule has 0 aromatic heterocycles. The van der Waals surface area contributed by atoms with Gasteiger partial charge in [-0.1, -0.05) is 13.8 Å². The van der Waals surface area contributed by atoms with Crippen molar-refractivity contribution in [1.82, 2.24) is 0 Å². The van der Waals surface area contributed by atoms with Crippen molar-refractivity contribution in [1.29, 1.82) is 0 Å². The molecule has 0 saturated carbocycles.